The highest BCUT2D eigenvalue weighted by Crippen LogP contribution is 2.38. The monoisotopic (exact) mass is 400 g/mol. The molecule has 3 aromatic rings. The Kier molecular flexibility index (Phi) is 4.47. The fourth-order valence-electron chi connectivity index (χ4n) is 4.03. The Morgan fingerprint density at radius 2 is 2.04 bits per heavy atom. The Morgan fingerprint density at radius 3 is 2.75 bits per heavy atom. The molecule has 0 fully saturated rings. The minimum absolute atomic E-state index is 0.0949. The zero-order valence-corrected chi connectivity index (χ0v) is 17.1. The predicted molar refractivity (Wildman–Crippen MR) is 107 cm³/mol. The molecule has 0 radical (unpaired) electrons. The van der Waals surface area contributed by atoms with Gasteiger partial charge < -0.3 is 9.40 Å². The van der Waals surface area contributed by atoms with E-state index in [1.165, 1.54) is 0 Å². The first-order valence-electron chi connectivity index (χ1n) is 9.37. The van der Waals surface area contributed by atoms with Crippen molar-refractivity contribution < 1.29 is 17.6 Å². The number of sulfonamides is 1. The molecule has 4 rings (SSSR count). The molecule has 1 aliphatic carbocycles. The number of ketones is 1. The van der Waals surface area contributed by atoms with Gasteiger partial charge in [-0.15, -0.1) is 0 Å². The highest BCUT2D eigenvalue weighted by atomic mass is 32.2. The number of Topliss-reactive ketones (excluding diaryl/α,β-unsaturated/α-hetero) is 1. The van der Waals surface area contributed by atoms with Crippen LogP contribution in [0.5, 0.6) is 0 Å². The van der Waals surface area contributed by atoms with E-state index in [0.717, 1.165) is 23.3 Å². The Labute approximate surface area is 164 Å². The van der Waals surface area contributed by atoms with Gasteiger partial charge in [0, 0.05) is 41.5 Å². The molecule has 28 heavy (non-hydrogen) atoms. The van der Waals surface area contributed by atoms with E-state index in [1.807, 2.05) is 12.1 Å². The molecule has 148 valence electrons. The Morgan fingerprint density at radius 1 is 1.25 bits per heavy atom. The molecule has 2 heterocycles. The molecule has 0 saturated carbocycles. The molecule has 0 amide bonds. The van der Waals surface area contributed by atoms with Crippen LogP contribution in [-0.4, -0.2) is 25.7 Å². The topological polar surface area (TPSA) is 92.2 Å². The first-order valence-corrected chi connectivity index (χ1v) is 10.9. The van der Waals surface area contributed by atoms with Crippen LogP contribution in [-0.2, 0) is 22.9 Å². The molecule has 2 aromatic heterocycles. The molecule has 0 saturated heterocycles. The highest BCUT2D eigenvalue weighted by molar-refractivity contribution is 7.89. The molecule has 0 aliphatic heterocycles. The SMILES string of the molecule is Cc1cc2c3c([nH]c2cc1S(=O)(=O)NCCc1ccco1)CC(C)(C)CC3=O. The molecule has 1 aromatic carbocycles. The van der Waals surface area contributed by atoms with E-state index >= 15 is 0 Å². The van der Waals surface area contributed by atoms with Crippen molar-refractivity contribution in [2.24, 2.45) is 5.41 Å². The predicted octanol–water partition coefficient (Wildman–Crippen LogP) is 3.75. The summed E-state index contributed by atoms with van der Waals surface area (Å²) in [6.45, 7) is 6.16. The van der Waals surface area contributed by atoms with Crippen molar-refractivity contribution in [3.05, 3.63) is 53.1 Å². The van der Waals surface area contributed by atoms with Crippen LogP contribution in [0.15, 0.2) is 39.8 Å². The number of rotatable bonds is 5. The molecule has 1 aliphatic rings. The van der Waals surface area contributed by atoms with Gasteiger partial charge in [0.15, 0.2) is 5.78 Å². The summed E-state index contributed by atoms with van der Waals surface area (Å²) in [6.07, 6.45) is 3.32. The average molecular weight is 401 g/mol. The Balaban J connectivity index is 1.67. The molecular formula is C21H24N2O4S. The number of hydrogen-bond acceptors (Lipinski definition) is 4. The number of nitrogens with one attached hydrogen (secondary N) is 2. The molecular weight excluding hydrogens is 376 g/mol. The van der Waals surface area contributed by atoms with Crippen molar-refractivity contribution in [3.8, 4) is 0 Å². The van der Waals surface area contributed by atoms with Crippen LogP contribution in [0.1, 0.15) is 47.6 Å². The van der Waals surface area contributed by atoms with Crippen molar-refractivity contribution in [1.29, 1.82) is 0 Å². The minimum atomic E-state index is -3.67. The molecule has 7 heteroatoms. The van der Waals surface area contributed by atoms with E-state index in [4.69, 9.17) is 4.42 Å². The number of aromatic amines is 1. The van der Waals surface area contributed by atoms with Crippen molar-refractivity contribution in [3.63, 3.8) is 0 Å². The van der Waals surface area contributed by atoms with Crippen LogP contribution in [0, 0.1) is 12.3 Å². The van der Waals surface area contributed by atoms with E-state index in [0.29, 0.717) is 29.5 Å². The molecule has 0 bridgehead atoms. The van der Waals surface area contributed by atoms with Gasteiger partial charge in [0.25, 0.3) is 0 Å². The molecule has 6 nitrogen and oxygen atoms in total. The zero-order valence-electron chi connectivity index (χ0n) is 16.3. The number of H-pyrrole nitrogens is 1. The van der Waals surface area contributed by atoms with Gasteiger partial charge in [0.05, 0.1) is 11.2 Å². The second-order valence-corrected chi connectivity index (χ2v) is 10.0. The fourth-order valence-corrected chi connectivity index (χ4v) is 5.31. The van der Waals surface area contributed by atoms with Gasteiger partial charge in [-0.3, -0.25) is 4.79 Å². The summed E-state index contributed by atoms with van der Waals surface area (Å²) >= 11 is 0. The third-order valence-electron chi connectivity index (χ3n) is 5.28. The van der Waals surface area contributed by atoms with Gasteiger partial charge in [0.2, 0.25) is 10.0 Å². The van der Waals surface area contributed by atoms with Crippen LogP contribution >= 0.6 is 0 Å². The Hall–Kier alpha value is -2.38. The summed E-state index contributed by atoms with van der Waals surface area (Å²) in [6, 6.07) is 7.03. The normalized spacial score (nSPS) is 16.5. The van der Waals surface area contributed by atoms with E-state index in [1.54, 1.807) is 25.3 Å². The molecule has 2 N–H and O–H groups in total. The van der Waals surface area contributed by atoms with Crippen molar-refractivity contribution in [1.82, 2.24) is 9.71 Å². The van der Waals surface area contributed by atoms with E-state index < -0.39 is 10.0 Å². The van der Waals surface area contributed by atoms with Crippen LogP contribution in [0.4, 0.5) is 0 Å². The van der Waals surface area contributed by atoms with Gasteiger partial charge in [0.1, 0.15) is 5.76 Å². The Bertz CT molecular complexity index is 1150. The third kappa shape index (κ3) is 3.40. The summed E-state index contributed by atoms with van der Waals surface area (Å²) in [5.74, 6) is 0.845. The van der Waals surface area contributed by atoms with Gasteiger partial charge >= 0.3 is 0 Å². The van der Waals surface area contributed by atoms with Crippen molar-refractivity contribution >= 4 is 26.7 Å². The van der Waals surface area contributed by atoms with Crippen LogP contribution in [0.25, 0.3) is 10.9 Å². The number of carbonyl (C=O) groups excluding carboxylic acids is 1. The second kappa shape index (κ2) is 6.60. The standard InChI is InChI=1S/C21H24N2O4S/c1-13-9-15-16(23-17-11-21(2,3)12-18(24)20(15)17)10-19(13)28(25,26)22-7-6-14-5-4-8-27-14/h4-5,8-10,22-23H,6-7,11-12H2,1-3H3. The number of carbonyl (C=O) groups is 1. The zero-order chi connectivity index (χ0) is 20.1. The third-order valence-corrected chi connectivity index (χ3v) is 6.88. The second-order valence-electron chi connectivity index (χ2n) is 8.31. The van der Waals surface area contributed by atoms with Crippen LogP contribution < -0.4 is 4.72 Å². The lowest BCUT2D eigenvalue weighted by Gasteiger charge is -2.28. The van der Waals surface area contributed by atoms with Crippen LogP contribution in [0.2, 0.25) is 0 Å². The summed E-state index contributed by atoms with van der Waals surface area (Å²) in [5, 5.41) is 0.808. The summed E-state index contributed by atoms with van der Waals surface area (Å²) < 4.78 is 33.5. The van der Waals surface area contributed by atoms with Crippen molar-refractivity contribution in [2.75, 3.05) is 6.54 Å². The van der Waals surface area contributed by atoms with Gasteiger partial charge in [-0.25, -0.2) is 13.1 Å². The van der Waals surface area contributed by atoms with E-state index in [9.17, 15) is 13.2 Å². The number of benzene rings is 1. The quantitative estimate of drug-likeness (QED) is 0.682. The van der Waals surface area contributed by atoms with Gasteiger partial charge in [-0.1, -0.05) is 13.8 Å². The molecule has 0 unspecified atom stereocenters. The largest absolute Gasteiger partial charge is 0.469 e. The maximum atomic E-state index is 12.8. The van der Waals surface area contributed by atoms with E-state index in [2.05, 4.69) is 23.6 Å². The number of fused-ring (bicyclic) bond motifs is 3. The molecule has 0 atom stereocenters. The summed E-state index contributed by atoms with van der Waals surface area (Å²) in [7, 11) is -3.67. The minimum Gasteiger partial charge on any atom is -0.469 e. The first-order chi connectivity index (χ1) is 13.2. The number of furan rings is 1. The van der Waals surface area contributed by atoms with Crippen LogP contribution in [0.3, 0.4) is 0 Å². The first kappa shape index (κ1) is 19.0. The van der Waals surface area contributed by atoms with Crippen molar-refractivity contribution in [2.45, 2.75) is 44.9 Å². The highest BCUT2D eigenvalue weighted by Gasteiger charge is 2.34. The molecule has 0 spiro atoms. The van der Waals surface area contributed by atoms with E-state index in [-0.39, 0.29) is 22.6 Å². The lowest BCUT2D eigenvalue weighted by atomic mass is 9.76. The summed E-state index contributed by atoms with van der Waals surface area (Å²) in [5.41, 5.74) is 2.83. The maximum absolute atomic E-state index is 12.8. The van der Waals surface area contributed by atoms with Gasteiger partial charge in [-0.05, 0) is 48.6 Å². The lowest BCUT2D eigenvalue weighted by molar-refractivity contribution is 0.0913. The average Bonchev–Trinajstić information content (AvgIpc) is 3.19. The van der Waals surface area contributed by atoms with Gasteiger partial charge in [-0.2, -0.15) is 0 Å². The fraction of sp³-hybridized carbons (Fsp3) is 0.381. The number of aryl methyl sites for hydroxylation is 1. The smallest absolute Gasteiger partial charge is 0.240 e. The summed E-state index contributed by atoms with van der Waals surface area (Å²) in [4.78, 5) is 16.2. The maximum Gasteiger partial charge on any atom is 0.240 e. The number of hydrogen-bond donors (Lipinski definition) is 2. The number of aromatic nitrogens is 1. The lowest BCUT2D eigenvalue weighted by Crippen LogP contribution is -2.26.